The number of nitrogens with zero attached hydrogens (tertiary/aromatic N) is 3. The Bertz CT molecular complexity index is 1710. The van der Waals surface area contributed by atoms with Gasteiger partial charge in [0.25, 0.3) is 5.91 Å². The third-order valence-corrected chi connectivity index (χ3v) is 9.81. The van der Waals surface area contributed by atoms with Crippen molar-refractivity contribution >= 4 is 23.4 Å². The normalized spacial score (nSPS) is 18.7. The van der Waals surface area contributed by atoms with E-state index in [2.05, 4.69) is 48.0 Å². The van der Waals surface area contributed by atoms with Crippen molar-refractivity contribution in [3.8, 4) is 22.5 Å². The SMILES string of the molecule is Cc1ccc(CC(NC(=O)C2CCC(CN)CC2)C(=O)Nc2ccc(-c3nn[nH]n3)cc2)cc1-c1ccc(C(=O)NC2CCNCC2)cc1. The van der Waals surface area contributed by atoms with Gasteiger partial charge in [-0.05, 0) is 135 Å². The van der Waals surface area contributed by atoms with E-state index in [1.54, 1.807) is 24.3 Å². The van der Waals surface area contributed by atoms with E-state index in [9.17, 15) is 14.4 Å². The number of carbonyl (C=O) groups excluding carboxylic acids is 3. The number of anilines is 1. The molecule has 12 heteroatoms. The number of tetrazole rings is 1. The molecule has 2 fully saturated rings. The minimum Gasteiger partial charge on any atom is -0.349 e. The van der Waals surface area contributed by atoms with Crippen molar-refractivity contribution in [3.05, 3.63) is 83.4 Å². The van der Waals surface area contributed by atoms with E-state index in [0.29, 0.717) is 36.0 Å². The van der Waals surface area contributed by atoms with E-state index in [0.717, 1.165) is 79.4 Å². The number of H-pyrrole nitrogens is 1. The summed E-state index contributed by atoms with van der Waals surface area (Å²) in [6, 6.07) is 20.3. The highest BCUT2D eigenvalue weighted by atomic mass is 16.2. The highest BCUT2D eigenvalue weighted by Gasteiger charge is 2.29. The van der Waals surface area contributed by atoms with Gasteiger partial charge in [0, 0.05) is 35.2 Å². The standard InChI is InChI=1S/C37H45N9O3/c1-23-2-3-25(20-32(23)26-8-10-29(11-9-26)35(47)40-31-16-18-39-19-17-31)21-33(42-36(48)28-6-4-24(22-38)5-7-28)37(49)41-30-14-12-27(13-15-30)34-43-45-46-44-34/h2-3,8-15,20,24,28,31,33,39H,4-7,16-19,21-22,38H2,1H3,(H,40,47)(H,41,49)(H,42,48)(H,43,44,45,46). The molecule has 2 aliphatic rings. The van der Waals surface area contributed by atoms with Gasteiger partial charge >= 0.3 is 0 Å². The Morgan fingerprint density at radius 1 is 0.898 bits per heavy atom. The first-order valence-electron chi connectivity index (χ1n) is 17.2. The van der Waals surface area contributed by atoms with Crippen LogP contribution < -0.4 is 27.0 Å². The minimum atomic E-state index is -0.798. The van der Waals surface area contributed by atoms with Crippen LogP contribution >= 0.6 is 0 Å². The van der Waals surface area contributed by atoms with Crippen molar-refractivity contribution in [2.75, 3.05) is 25.0 Å². The lowest BCUT2D eigenvalue weighted by molar-refractivity contribution is -0.130. The van der Waals surface area contributed by atoms with Gasteiger partial charge in [-0.1, -0.05) is 30.3 Å². The number of hydrogen-bond acceptors (Lipinski definition) is 8. The van der Waals surface area contributed by atoms with Gasteiger partial charge < -0.3 is 27.0 Å². The fourth-order valence-corrected chi connectivity index (χ4v) is 6.75. The van der Waals surface area contributed by atoms with E-state index < -0.39 is 6.04 Å². The van der Waals surface area contributed by atoms with Gasteiger partial charge in [0.05, 0.1) is 0 Å². The molecule has 7 N–H and O–H groups in total. The van der Waals surface area contributed by atoms with Crippen molar-refractivity contribution in [2.24, 2.45) is 17.6 Å². The van der Waals surface area contributed by atoms with E-state index >= 15 is 0 Å². The molecule has 1 saturated carbocycles. The lowest BCUT2D eigenvalue weighted by Crippen LogP contribution is -2.48. The molecule has 1 atom stereocenters. The summed E-state index contributed by atoms with van der Waals surface area (Å²) in [6.07, 6.45) is 5.52. The average Bonchev–Trinajstić information content (AvgIpc) is 3.68. The molecule has 4 aromatic rings. The first kappa shape index (κ1) is 33.9. The van der Waals surface area contributed by atoms with Gasteiger partial charge in [-0.2, -0.15) is 5.21 Å². The van der Waals surface area contributed by atoms with Crippen molar-refractivity contribution in [2.45, 2.75) is 64.0 Å². The molecule has 49 heavy (non-hydrogen) atoms. The second kappa shape index (κ2) is 16.0. The van der Waals surface area contributed by atoms with Gasteiger partial charge in [-0.25, -0.2) is 0 Å². The van der Waals surface area contributed by atoms with Gasteiger partial charge in [0.2, 0.25) is 17.6 Å². The quantitative estimate of drug-likeness (QED) is 0.140. The molecule has 1 aliphatic carbocycles. The number of benzene rings is 3. The zero-order valence-corrected chi connectivity index (χ0v) is 27.9. The first-order valence-corrected chi connectivity index (χ1v) is 17.2. The third-order valence-electron chi connectivity index (χ3n) is 9.81. The summed E-state index contributed by atoms with van der Waals surface area (Å²) in [5, 5.41) is 26.6. The molecule has 6 rings (SSSR count). The van der Waals surface area contributed by atoms with Crippen molar-refractivity contribution < 1.29 is 14.4 Å². The van der Waals surface area contributed by atoms with Crippen LogP contribution in [0.5, 0.6) is 0 Å². The maximum atomic E-state index is 13.8. The number of piperidine rings is 1. The Kier molecular flexibility index (Phi) is 11.1. The van der Waals surface area contributed by atoms with Gasteiger partial charge in [-0.15, -0.1) is 10.2 Å². The Morgan fingerprint density at radius 2 is 1.61 bits per heavy atom. The van der Waals surface area contributed by atoms with Crippen LogP contribution in [0.2, 0.25) is 0 Å². The molecule has 1 unspecified atom stereocenters. The molecule has 0 radical (unpaired) electrons. The number of carbonyl (C=O) groups is 3. The minimum absolute atomic E-state index is 0.0607. The Labute approximate surface area is 286 Å². The predicted molar refractivity (Wildman–Crippen MR) is 188 cm³/mol. The van der Waals surface area contributed by atoms with Crippen LogP contribution in [0.15, 0.2) is 66.7 Å². The Balaban J connectivity index is 1.17. The highest BCUT2D eigenvalue weighted by Crippen LogP contribution is 2.29. The van der Waals surface area contributed by atoms with Crippen LogP contribution in [-0.4, -0.2) is 70.1 Å². The number of aromatic amines is 1. The molecule has 0 spiro atoms. The van der Waals surface area contributed by atoms with Crippen LogP contribution in [0.25, 0.3) is 22.5 Å². The molecular weight excluding hydrogens is 618 g/mol. The topological polar surface area (TPSA) is 180 Å². The molecule has 12 nitrogen and oxygen atoms in total. The summed E-state index contributed by atoms with van der Waals surface area (Å²) >= 11 is 0. The van der Waals surface area contributed by atoms with Crippen molar-refractivity contribution in [1.29, 1.82) is 0 Å². The summed E-state index contributed by atoms with van der Waals surface area (Å²) in [6.45, 7) is 4.50. The highest BCUT2D eigenvalue weighted by molar-refractivity contribution is 5.98. The number of amides is 3. The largest absolute Gasteiger partial charge is 0.349 e. The zero-order chi connectivity index (χ0) is 34.2. The molecule has 2 heterocycles. The van der Waals surface area contributed by atoms with Crippen LogP contribution in [0.3, 0.4) is 0 Å². The lowest BCUT2D eigenvalue weighted by Gasteiger charge is -2.28. The predicted octanol–water partition coefficient (Wildman–Crippen LogP) is 3.76. The molecule has 0 bridgehead atoms. The number of aromatic nitrogens is 4. The monoisotopic (exact) mass is 663 g/mol. The first-order chi connectivity index (χ1) is 23.9. The second-order valence-corrected chi connectivity index (χ2v) is 13.2. The number of nitrogens with one attached hydrogen (secondary N) is 5. The van der Waals surface area contributed by atoms with Crippen LogP contribution in [-0.2, 0) is 16.0 Å². The smallest absolute Gasteiger partial charge is 0.251 e. The summed E-state index contributed by atoms with van der Waals surface area (Å²) in [4.78, 5) is 40.2. The van der Waals surface area contributed by atoms with E-state index in [4.69, 9.17) is 5.73 Å². The molecule has 3 amide bonds. The molecule has 256 valence electrons. The summed E-state index contributed by atoms with van der Waals surface area (Å²) in [5.41, 5.74) is 11.8. The summed E-state index contributed by atoms with van der Waals surface area (Å²) in [5.74, 6) is 0.289. The molecule has 3 aromatic carbocycles. The van der Waals surface area contributed by atoms with Crippen LogP contribution in [0, 0.1) is 18.8 Å². The fraction of sp³-hybridized carbons (Fsp3) is 0.405. The molecule has 1 aliphatic heterocycles. The Morgan fingerprint density at radius 3 is 2.29 bits per heavy atom. The van der Waals surface area contributed by atoms with E-state index in [1.807, 2.05) is 43.3 Å². The number of rotatable bonds is 11. The molecule has 1 aromatic heterocycles. The fourth-order valence-electron chi connectivity index (χ4n) is 6.75. The molecular formula is C37H45N9O3. The summed E-state index contributed by atoms with van der Waals surface area (Å²) < 4.78 is 0. The van der Waals surface area contributed by atoms with Crippen LogP contribution in [0.4, 0.5) is 5.69 Å². The summed E-state index contributed by atoms with van der Waals surface area (Å²) in [7, 11) is 0. The Hall–Kier alpha value is -4.94. The average molecular weight is 664 g/mol. The third kappa shape index (κ3) is 8.76. The van der Waals surface area contributed by atoms with Crippen LogP contribution in [0.1, 0.15) is 60.0 Å². The van der Waals surface area contributed by atoms with Crippen molar-refractivity contribution in [3.63, 3.8) is 0 Å². The van der Waals surface area contributed by atoms with Crippen molar-refractivity contribution in [1.82, 2.24) is 36.6 Å². The van der Waals surface area contributed by atoms with Gasteiger partial charge in [0.15, 0.2) is 0 Å². The number of nitrogens with two attached hydrogens (primary N) is 1. The van der Waals surface area contributed by atoms with E-state index in [1.165, 1.54) is 0 Å². The molecule has 1 saturated heterocycles. The number of hydrogen-bond donors (Lipinski definition) is 6. The maximum Gasteiger partial charge on any atom is 0.251 e. The van der Waals surface area contributed by atoms with Gasteiger partial charge in [-0.3, -0.25) is 14.4 Å². The van der Waals surface area contributed by atoms with E-state index in [-0.39, 0.29) is 29.7 Å². The van der Waals surface area contributed by atoms with Gasteiger partial charge in [0.1, 0.15) is 6.04 Å². The number of aryl methyl sites for hydroxylation is 1. The second-order valence-electron chi connectivity index (χ2n) is 13.2. The maximum absolute atomic E-state index is 13.8. The zero-order valence-electron chi connectivity index (χ0n) is 27.9. The lowest BCUT2D eigenvalue weighted by atomic mass is 9.81.